The molecule has 2 aliphatic heterocycles. The molecule has 0 spiro atoms. The zero-order valence-corrected chi connectivity index (χ0v) is 25.4. The highest BCUT2D eigenvalue weighted by Gasteiger charge is 2.36. The average molecular weight is 575 g/mol. The molecule has 2 unspecified atom stereocenters. The van der Waals surface area contributed by atoms with Crippen molar-refractivity contribution in [1.29, 1.82) is 0 Å². The monoisotopic (exact) mass is 574 g/mol. The lowest BCUT2D eigenvalue weighted by molar-refractivity contribution is -0.116. The Morgan fingerprint density at radius 3 is 1.20 bits per heavy atom. The van der Waals surface area contributed by atoms with E-state index in [-0.39, 0.29) is 22.6 Å². The maximum atomic E-state index is 13.0. The van der Waals surface area contributed by atoms with E-state index in [1.807, 2.05) is 34.1 Å². The molecule has 0 aromatic heterocycles. The van der Waals surface area contributed by atoms with Crippen LogP contribution >= 0.6 is 23.5 Å². The van der Waals surface area contributed by atoms with Gasteiger partial charge in [0.25, 0.3) is 0 Å². The first kappa shape index (κ1) is 28.4. The molecule has 0 radical (unpaired) electrons. The molecule has 3 aromatic rings. The second-order valence-corrected chi connectivity index (χ2v) is 12.0. The first-order valence-corrected chi connectivity index (χ1v) is 16.3. The molecular weight excluding hydrogens is 537 g/mol. The Bertz CT molecular complexity index is 1200. The van der Waals surface area contributed by atoms with Crippen LogP contribution in [0.2, 0.25) is 0 Å². The third-order valence-electron chi connectivity index (χ3n) is 7.76. The van der Waals surface area contributed by atoms with E-state index in [2.05, 4.69) is 86.0 Å². The van der Waals surface area contributed by atoms with E-state index in [9.17, 15) is 9.59 Å². The van der Waals surface area contributed by atoms with Crippen molar-refractivity contribution >= 4 is 58.1 Å². The van der Waals surface area contributed by atoms with Crippen LogP contribution < -0.4 is 19.6 Å². The minimum Gasteiger partial charge on any atom is -0.372 e. The molecule has 3 aromatic carbocycles. The highest BCUT2D eigenvalue weighted by atomic mass is 32.2. The average Bonchev–Trinajstić information content (AvgIpc) is 3.57. The zero-order valence-electron chi connectivity index (χ0n) is 23.7. The Balaban J connectivity index is 1.36. The number of anilines is 4. The number of nitrogens with zero attached hydrogens (tertiary/aromatic N) is 4. The Labute approximate surface area is 246 Å². The standard InChI is InChI=1S/C32H38N4O2S2/c1-5-33(6-2)25-13-9-23(10-14-25)31-35(29(37)21-39-31)27-17-19-28(20-18-27)36-30(38)22-40-32(36)24-11-15-26(16-12-24)34(7-3)8-4/h9-20,31-32H,5-8,21-22H2,1-4H3. The molecular formula is C32H38N4O2S2. The lowest BCUT2D eigenvalue weighted by atomic mass is 10.1. The highest BCUT2D eigenvalue weighted by Crippen LogP contribution is 2.45. The summed E-state index contributed by atoms with van der Waals surface area (Å²) >= 11 is 3.32. The van der Waals surface area contributed by atoms with Crippen molar-refractivity contribution in [1.82, 2.24) is 0 Å². The van der Waals surface area contributed by atoms with Crippen LogP contribution in [0.3, 0.4) is 0 Å². The number of thioether (sulfide) groups is 2. The molecule has 2 aliphatic rings. The summed E-state index contributed by atoms with van der Waals surface area (Å²) in [7, 11) is 0. The van der Waals surface area contributed by atoms with E-state index >= 15 is 0 Å². The van der Waals surface area contributed by atoms with Gasteiger partial charge in [0.2, 0.25) is 11.8 Å². The van der Waals surface area contributed by atoms with Crippen molar-refractivity contribution in [3.05, 3.63) is 83.9 Å². The minimum atomic E-state index is -0.0647. The van der Waals surface area contributed by atoms with Crippen LogP contribution in [0.15, 0.2) is 72.8 Å². The van der Waals surface area contributed by atoms with Gasteiger partial charge in [0.1, 0.15) is 10.7 Å². The third-order valence-corrected chi connectivity index (χ3v) is 10.2. The lowest BCUT2D eigenvalue weighted by Gasteiger charge is -2.28. The van der Waals surface area contributed by atoms with E-state index in [4.69, 9.17) is 0 Å². The molecule has 40 heavy (non-hydrogen) atoms. The second kappa shape index (κ2) is 12.6. The highest BCUT2D eigenvalue weighted by molar-refractivity contribution is 8.01. The molecule has 210 valence electrons. The van der Waals surface area contributed by atoms with Crippen molar-refractivity contribution in [2.75, 3.05) is 57.3 Å². The molecule has 6 nitrogen and oxygen atoms in total. The minimum absolute atomic E-state index is 0.0647. The third kappa shape index (κ3) is 5.56. The van der Waals surface area contributed by atoms with Gasteiger partial charge in [-0.2, -0.15) is 0 Å². The Morgan fingerprint density at radius 1 is 0.575 bits per heavy atom. The van der Waals surface area contributed by atoms with Gasteiger partial charge in [0.15, 0.2) is 0 Å². The van der Waals surface area contributed by atoms with E-state index in [0.29, 0.717) is 11.5 Å². The molecule has 5 rings (SSSR count). The molecule has 2 amide bonds. The van der Waals surface area contributed by atoms with Crippen LogP contribution in [0, 0.1) is 0 Å². The molecule has 0 N–H and O–H groups in total. The van der Waals surface area contributed by atoms with Gasteiger partial charge in [-0.25, -0.2) is 0 Å². The molecule has 2 saturated heterocycles. The number of hydrogen-bond donors (Lipinski definition) is 0. The molecule has 2 heterocycles. The SMILES string of the molecule is CCN(CC)c1ccc(C2SCC(=O)N2c2ccc(N3C(=O)CSC3c3ccc(N(CC)CC)cc3)cc2)cc1. The molecule has 2 atom stereocenters. The summed E-state index contributed by atoms with van der Waals surface area (Å²) in [5.41, 5.74) is 6.35. The number of carbonyl (C=O) groups is 2. The van der Waals surface area contributed by atoms with Crippen LogP contribution in [0.5, 0.6) is 0 Å². The molecule has 8 heteroatoms. The van der Waals surface area contributed by atoms with Crippen molar-refractivity contribution < 1.29 is 9.59 Å². The van der Waals surface area contributed by atoms with Crippen molar-refractivity contribution in [2.45, 2.75) is 38.4 Å². The summed E-state index contributed by atoms with van der Waals surface area (Å²) < 4.78 is 0. The Morgan fingerprint density at radius 2 is 0.900 bits per heavy atom. The number of amides is 2. The van der Waals surface area contributed by atoms with E-state index in [1.54, 1.807) is 23.5 Å². The van der Waals surface area contributed by atoms with E-state index in [0.717, 1.165) is 48.7 Å². The van der Waals surface area contributed by atoms with Gasteiger partial charge in [-0.15, -0.1) is 23.5 Å². The van der Waals surface area contributed by atoms with Crippen LogP contribution in [0.25, 0.3) is 0 Å². The Kier molecular flexibility index (Phi) is 8.96. The summed E-state index contributed by atoms with van der Waals surface area (Å²) in [4.78, 5) is 34.4. The fraction of sp³-hybridized carbons (Fsp3) is 0.375. The maximum absolute atomic E-state index is 13.0. The number of hydrogen-bond acceptors (Lipinski definition) is 6. The fourth-order valence-corrected chi connectivity index (χ4v) is 7.91. The van der Waals surface area contributed by atoms with Crippen LogP contribution in [0.4, 0.5) is 22.7 Å². The van der Waals surface area contributed by atoms with Gasteiger partial charge >= 0.3 is 0 Å². The van der Waals surface area contributed by atoms with Crippen molar-refractivity contribution in [2.24, 2.45) is 0 Å². The first-order chi connectivity index (χ1) is 19.5. The normalized spacial score (nSPS) is 19.0. The van der Waals surface area contributed by atoms with Crippen LogP contribution in [0.1, 0.15) is 49.6 Å². The summed E-state index contributed by atoms with van der Waals surface area (Å²) in [5.74, 6) is 1.12. The summed E-state index contributed by atoms with van der Waals surface area (Å²) in [6.07, 6.45) is 0. The fourth-order valence-electron chi connectivity index (χ4n) is 5.55. The van der Waals surface area contributed by atoms with Gasteiger partial charge in [-0.05, 0) is 87.4 Å². The van der Waals surface area contributed by atoms with Gasteiger partial charge in [0.05, 0.1) is 11.5 Å². The van der Waals surface area contributed by atoms with Gasteiger partial charge < -0.3 is 9.80 Å². The van der Waals surface area contributed by atoms with Crippen LogP contribution in [-0.2, 0) is 9.59 Å². The van der Waals surface area contributed by atoms with E-state index in [1.165, 1.54) is 11.4 Å². The zero-order chi connectivity index (χ0) is 28.2. The van der Waals surface area contributed by atoms with Gasteiger partial charge in [-0.1, -0.05) is 24.3 Å². The topological polar surface area (TPSA) is 47.1 Å². The van der Waals surface area contributed by atoms with Crippen molar-refractivity contribution in [3.63, 3.8) is 0 Å². The second-order valence-electron chi connectivity index (χ2n) is 9.90. The van der Waals surface area contributed by atoms with E-state index < -0.39 is 0 Å². The maximum Gasteiger partial charge on any atom is 0.238 e. The summed E-state index contributed by atoms with van der Waals surface area (Å²) in [6.45, 7) is 12.5. The lowest BCUT2D eigenvalue weighted by Crippen LogP contribution is -2.29. The largest absolute Gasteiger partial charge is 0.372 e. The predicted octanol–water partition coefficient (Wildman–Crippen LogP) is 6.94. The molecule has 2 fully saturated rings. The number of rotatable bonds is 10. The quantitative estimate of drug-likeness (QED) is 0.262. The first-order valence-electron chi connectivity index (χ1n) is 14.2. The summed E-state index contributed by atoms with van der Waals surface area (Å²) in [5, 5.41) is -0.129. The number of benzene rings is 3. The molecule has 0 bridgehead atoms. The molecule has 0 aliphatic carbocycles. The Hall–Kier alpha value is -3.10. The van der Waals surface area contributed by atoms with Gasteiger partial charge in [0, 0.05) is 48.9 Å². The van der Waals surface area contributed by atoms with Gasteiger partial charge in [-0.3, -0.25) is 19.4 Å². The van der Waals surface area contributed by atoms with Crippen LogP contribution in [-0.4, -0.2) is 49.5 Å². The van der Waals surface area contributed by atoms with Crippen molar-refractivity contribution in [3.8, 4) is 0 Å². The smallest absolute Gasteiger partial charge is 0.238 e. The number of carbonyl (C=O) groups excluding carboxylic acids is 2. The molecule has 0 saturated carbocycles. The summed E-state index contributed by atoms with van der Waals surface area (Å²) in [6, 6.07) is 25.1. The predicted molar refractivity (Wildman–Crippen MR) is 172 cm³/mol.